The Morgan fingerprint density at radius 1 is 1.14 bits per heavy atom. The van der Waals surface area contributed by atoms with Gasteiger partial charge in [-0.15, -0.1) is 0 Å². The third kappa shape index (κ3) is 4.15. The van der Waals surface area contributed by atoms with Crippen LogP contribution in [0.5, 0.6) is 0 Å². The molecule has 5 heteroatoms. The molecule has 1 heterocycles. The molecule has 2 rings (SSSR count). The van der Waals surface area contributed by atoms with Gasteiger partial charge in [0.25, 0.3) is 5.91 Å². The number of Topliss-reactive ketones (excluding diaryl/α,β-unsaturated/α-hetero) is 1. The molecule has 1 N–H and O–H groups in total. The molecule has 1 fully saturated rings. The highest BCUT2D eigenvalue weighted by Crippen LogP contribution is 2.17. The molecule has 21 heavy (non-hydrogen) atoms. The molecular weight excluding hydrogens is 268 g/mol. The number of benzene rings is 1. The van der Waals surface area contributed by atoms with Gasteiger partial charge in [-0.2, -0.15) is 0 Å². The summed E-state index contributed by atoms with van der Waals surface area (Å²) in [5.41, 5.74) is 0.542. The molecule has 1 aliphatic heterocycles. The summed E-state index contributed by atoms with van der Waals surface area (Å²) in [5, 5.41) is 2.63. The van der Waals surface area contributed by atoms with Gasteiger partial charge in [-0.1, -0.05) is 18.2 Å². The van der Waals surface area contributed by atoms with Gasteiger partial charge < -0.3 is 10.2 Å². The standard InChI is InChI=1S/C16H20N2O3/c1-12(19)13-7-9-18(10-8-13)15(20)11-17-16(21)14-5-3-2-4-6-14/h2-6,13H,7-11H2,1H3,(H,17,21). The van der Waals surface area contributed by atoms with Crippen LogP contribution >= 0.6 is 0 Å². The molecule has 0 saturated carbocycles. The molecule has 0 aliphatic carbocycles. The van der Waals surface area contributed by atoms with E-state index in [1.165, 1.54) is 0 Å². The zero-order valence-corrected chi connectivity index (χ0v) is 12.2. The first kappa shape index (κ1) is 15.2. The highest BCUT2D eigenvalue weighted by molar-refractivity contribution is 5.96. The lowest BCUT2D eigenvalue weighted by Crippen LogP contribution is -2.44. The van der Waals surface area contributed by atoms with Crippen LogP contribution in [0.2, 0.25) is 0 Å². The fourth-order valence-corrected chi connectivity index (χ4v) is 2.49. The second-order valence-electron chi connectivity index (χ2n) is 5.31. The van der Waals surface area contributed by atoms with Gasteiger partial charge in [0.15, 0.2) is 0 Å². The van der Waals surface area contributed by atoms with Crippen molar-refractivity contribution < 1.29 is 14.4 Å². The number of amides is 2. The number of carbonyl (C=O) groups is 3. The fourth-order valence-electron chi connectivity index (χ4n) is 2.49. The Morgan fingerprint density at radius 2 is 1.76 bits per heavy atom. The summed E-state index contributed by atoms with van der Waals surface area (Å²) in [7, 11) is 0. The first-order chi connectivity index (χ1) is 10.1. The predicted molar refractivity (Wildman–Crippen MR) is 78.8 cm³/mol. The zero-order valence-electron chi connectivity index (χ0n) is 12.2. The van der Waals surface area contributed by atoms with Crippen molar-refractivity contribution in [3.63, 3.8) is 0 Å². The number of likely N-dealkylation sites (tertiary alicyclic amines) is 1. The van der Waals surface area contributed by atoms with Crippen LogP contribution in [0.3, 0.4) is 0 Å². The van der Waals surface area contributed by atoms with E-state index in [9.17, 15) is 14.4 Å². The molecular formula is C16H20N2O3. The number of carbonyl (C=O) groups excluding carboxylic acids is 3. The minimum atomic E-state index is -0.248. The molecule has 0 bridgehead atoms. The van der Waals surface area contributed by atoms with Crippen molar-refractivity contribution in [2.24, 2.45) is 5.92 Å². The van der Waals surface area contributed by atoms with E-state index in [1.54, 1.807) is 36.1 Å². The molecule has 0 atom stereocenters. The lowest BCUT2D eigenvalue weighted by atomic mass is 9.93. The number of ketones is 1. The minimum absolute atomic E-state index is 0.00152. The summed E-state index contributed by atoms with van der Waals surface area (Å²) in [4.78, 5) is 36.9. The summed E-state index contributed by atoms with van der Waals surface area (Å²) in [6, 6.07) is 8.81. The van der Waals surface area contributed by atoms with Crippen molar-refractivity contribution in [2.45, 2.75) is 19.8 Å². The van der Waals surface area contributed by atoms with Crippen LogP contribution in [-0.2, 0) is 9.59 Å². The Balaban J connectivity index is 1.78. The number of nitrogens with one attached hydrogen (secondary N) is 1. The Labute approximate surface area is 124 Å². The Bertz CT molecular complexity index is 520. The average molecular weight is 288 g/mol. The van der Waals surface area contributed by atoms with E-state index >= 15 is 0 Å². The maximum Gasteiger partial charge on any atom is 0.251 e. The lowest BCUT2D eigenvalue weighted by molar-refractivity contribution is -0.133. The van der Waals surface area contributed by atoms with Crippen LogP contribution in [0.15, 0.2) is 30.3 Å². The highest BCUT2D eigenvalue weighted by Gasteiger charge is 2.25. The first-order valence-corrected chi connectivity index (χ1v) is 7.19. The summed E-state index contributed by atoms with van der Waals surface area (Å²) < 4.78 is 0. The van der Waals surface area contributed by atoms with Gasteiger partial charge in [0.1, 0.15) is 5.78 Å². The van der Waals surface area contributed by atoms with E-state index in [0.29, 0.717) is 31.5 Å². The predicted octanol–water partition coefficient (Wildman–Crippen LogP) is 1.24. The molecule has 0 spiro atoms. The van der Waals surface area contributed by atoms with Gasteiger partial charge in [0.2, 0.25) is 5.91 Å². The molecule has 1 aliphatic rings. The number of hydrogen-bond acceptors (Lipinski definition) is 3. The fraction of sp³-hybridized carbons (Fsp3) is 0.438. The van der Waals surface area contributed by atoms with Gasteiger partial charge in [-0.05, 0) is 31.9 Å². The van der Waals surface area contributed by atoms with Crippen molar-refractivity contribution in [1.82, 2.24) is 10.2 Å². The normalized spacial score (nSPS) is 15.6. The molecule has 2 amide bonds. The number of nitrogens with zero attached hydrogens (tertiary/aromatic N) is 1. The Kier molecular flexibility index (Phi) is 5.09. The molecule has 0 radical (unpaired) electrons. The molecule has 0 unspecified atom stereocenters. The van der Waals surface area contributed by atoms with Crippen molar-refractivity contribution in [3.8, 4) is 0 Å². The van der Waals surface area contributed by atoms with E-state index in [0.717, 1.165) is 0 Å². The van der Waals surface area contributed by atoms with Crippen LogP contribution in [-0.4, -0.2) is 42.1 Å². The van der Waals surface area contributed by atoms with Gasteiger partial charge in [-0.3, -0.25) is 14.4 Å². The highest BCUT2D eigenvalue weighted by atomic mass is 16.2. The first-order valence-electron chi connectivity index (χ1n) is 7.19. The van der Waals surface area contributed by atoms with Crippen LogP contribution in [0.4, 0.5) is 0 Å². The number of rotatable bonds is 4. The maximum absolute atomic E-state index is 12.0. The summed E-state index contributed by atoms with van der Waals surface area (Å²) in [6.45, 7) is 2.77. The van der Waals surface area contributed by atoms with Crippen molar-refractivity contribution in [3.05, 3.63) is 35.9 Å². The van der Waals surface area contributed by atoms with E-state index in [4.69, 9.17) is 0 Å². The molecule has 1 aromatic rings. The van der Waals surface area contributed by atoms with Gasteiger partial charge in [0, 0.05) is 24.6 Å². The minimum Gasteiger partial charge on any atom is -0.343 e. The summed E-state index contributed by atoms with van der Waals surface area (Å²) in [5.74, 6) is -0.0729. The SMILES string of the molecule is CC(=O)C1CCN(C(=O)CNC(=O)c2ccccc2)CC1. The van der Waals surface area contributed by atoms with E-state index in [1.807, 2.05) is 6.07 Å². The average Bonchev–Trinajstić information content (AvgIpc) is 2.53. The van der Waals surface area contributed by atoms with Gasteiger partial charge >= 0.3 is 0 Å². The molecule has 5 nitrogen and oxygen atoms in total. The molecule has 1 saturated heterocycles. The third-order valence-corrected chi connectivity index (χ3v) is 3.86. The van der Waals surface area contributed by atoms with Crippen LogP contribution in [0.1, 0.15) is 30.1 Å². The smallest absolute Gasteiger partial charge is 0.251 e. The Hall–Kier alpha value is -2.17. The quantitative estimate of drug-likeness (QED) is 0.906. The maximum atomic E-state index is 12.0. The number of hydrogen-bond donors (Lipinski definition) is 1. The summed E-state index contributed by atoms with van der Waals surface area (Å²) >= 11 is 0. The van der Waals surface area contributed by atoms with Crippen LogP contribution < -0.4 is 5.32 Å². The molecule has 1 aromatic carbocycles. The number of piperidine rings is 1. The van der Waals surface area contributed by atoms with Crippen molar-refractivity contribution in [2.75, 3.05) is 19.6 Å². The van der Waals surface area contributed by atoms with Gasteiger partial charge in [-0.25, -0.2) is 0 Å². The molecule has 0 aromatic heterocycles. The monoisotopic (exact) mass is 288 g/mol. The second-order valence-corrected chi connectivity index (χ2v) is 5.31. The van der Waals surface area contributed by atoms with E-state index in [2.05, 4.69) is 5.32 Å². The van der Waals surface area contributed by atoms with E-state index < -0.39 is 0 Å². The van der Waals surface area contributed by atoms with Crippen LogP contribution in [0.25, 0.3) is 0 Å². The Morgan fingerprint density at radius 3 is 2.33 bits per heavy atom. The summed E-state index contributed by atoms with van der Waals surface area (Å²) in [6.07, 6.45) is 1.43. The largest absolute Gasteiger partial charge is 0.343 e. The van der Waals surface area contributed by atoms with E-state index in [-0.39, 0.29) is 30.1 Å². The lowest BCUT2D eigenvalue weighted by Gasteiger charge is -2.30. The topological polar surface area (TPSA) is 66.5 Å². The van der Waals surface area contributed by atoms with Crippen LogP contribution in [0, 0.1) is 5.92 Å². The van der Waals surface area contributed by atoms with Gasteiger partial charge in [0.05, 0.1) is 6.54 Å². The second kappa shape index (κ2) is 7.02. The molecule has 112 valence electrons. The zero-order chi connectivity index (χ0) is 15.2. The van der Waals surface area contributed by atoms with Crippen molar-refractivity contribution in [1.29, 1.82) is 0 Å². The van der Waals surface area contributed by atoms with Crippen molar-refractivity contribution >= 4 is 17.6 Å². The third-order valence-electron chi connectivity index (χ3n) is 3.86.